The summed E-state index contributed by atoms with van der Waals surface area (Å²) in [7, 11) is 0. The Morgan fingerprint density at radius 2 is 1.78 bits per heavy atom. The summed E-state index contributed by atoms with van der Waals surface area (Å²) in [5.41, 5.74) is 1.39. The molecule has 1 aliphatic carbocycles. The summed E-state index contributed by atoms with van der Waals surface area (Å²) >= 11 is 0. The first-order valence-corrected chi connectivity index (χ1v) is 8.56. The van der Waals surface area contributed by atoms with Crippen molar-refractivity contribution in [2.75, 3.05) is 0 Å². The standard InChI is InChI=1S/C20H33NO2/c1-12(9-17(23)18(14(3)21)19(5,6)7)10-20(8)11-16(20)13(2)15(4)22/h9,13,16,18,21H,10-11H2,1-8H3. The van der Waals surface area contributed by atoms with Crippen molar-refractivity contribution >= 4 is 17.3 Å². The summed E-state index contributed by atoms with van der Waals surface area (Å²) in [6.45, 7) is 15.6. The SMILES string of the molecule is CC(=N)C(C(=O)C=C(C)CC1(C)CC1C(C)C(C)=O)C(C)(C)C. The molecule has 1 saturated carbocycles. The molecule has 3 nitrogen and oxygen atoms in total. The molecule has 1 N–H and O–H groups in total. The molecule has 23 heavy (non-hydrogen) atoms. The second kappa shape index (κ2) is 6.70. The molecule has 0 heterocycles. The molecule has 1 rings (SSSR count). The Labute approximate surface area is 141 Å². The fourth-order valence-corrected chi connectivity index (χ4v) is 4.01. The smallest absolute Gasteiger partial charge is 0.164 e. The van der Waals surface area contributed by atoms with E-state index < -0.39 is 0 Å². The third kappa shape index (κ3) is 4.86. The minimum Gasteiger partial charge on any atom is -0.309 e. The van der Waals surface area contributed by atoms with E-state index in [0.29, 0.717) is 11.6 Å². The lowest BCUT2D eigenvalue weighted by molar-refractivity contribution is -0.121. The van der Waals surface area contributed by atoms with Gasteiger partial charge in [-0.1, -0.05) is 40.2 Å². The van der Waals surface area contributed by atoms with Crippen molar-refractivity contribution in [3.05, 3.63) is 11.6 Å². The number of Topliss-reactive ketones (excluding diaryl/α,β-unsaturated/α-hetero) is 1. The lowest BCUT2D eigenvalue weighted by atomic mass is 9.75. The number of hydrogen-bond donors (Lipinski definition) is 1. The van der Waals surface area contributed by atoms with Crippen LogP contribution in [0.15, 0.2) is 11.6 Å². The van der Waals surface area contributed by atoms with Crippen LogP contribution in [0.25, 0.3) is 0 Å². The van der Waals surface area contributed by atoms with E-state index >= 15 is 0 Å². The predicted molar refractivity (Wildman–Crippen MR) is 95.8 cm³/mol. The highest BCUT2D eigenvalue weighted by atomic mass is 16.1. The average Bonchev–Trinajstić information content (AvgIpc) is 2.95. The van der Waals surface area contributed by atoms with E-state index in [1.807, 2.05) is 34.6 Å². The van der Waals surface area contributed by atoms with Gasteiger partial charge >= 0.3 is 0 Å². The maximum Gasteiger partial charge on any atom is 0.164 e. The van der Waals surface area contributed by atoms with Crippen LogP contribution in [0.1, 0.15) is 68.2 Å². The minimum atomic E-state index is -0.364. The quantitative estimate of drug-likeness (QED) is 0.539. The largest absolute Gasteiger partial charge is 0.309 e. The van der Waals surface area contributed by atoms with Gasteiger partial charge in [-0.05, 0) is 56.4 Å². The summed E-state index contributed by atoms with van der Waals surface area (Å²) < 4.78 is 0. The zero-order valence-electron chi connectivity index (χ0n) is 16.0. The molecular weight excluding hydrogens is 286 g/mol. The topological polar surface area (TPSA) is 58.0 Å². The van der Waals surface area contributed by atoms with Gasteiger partial charge in [0.05, 0.1) is 5.92 Å². The van der Waals surface area contributed by atoms with Crippen LogP contribution >= 0.6 is 0 Å². The molecule has 0 aromatic heterocycles. The molecule has 0 aromatic carbocycles. The van der Waals surface area contributed by atoms with Gasteiger partial charge < -0.3 is 5.41 Å². The number of carbonyl (C=O) groups is 2. The molecule has 0 aromatic rings. The molecule has 0 radical (unpaired) electrons. The zero-order chi connectivity index (χ0) is 18.2. The Hall–Kier alpha value is -1.25. The molecule has 4 unspecified atom stereocenters. The first kappa shape index (κ1) is 19.8. The van der Waals surface area contributed by atoms with E-state index in [1.54, 1.807) is 19.9 Å². The summed E-state index contributed by atoms with van der Waals surface area (Å²) in [6.07, 6.45) is 3.64. The molecule has 1 fully saturated rings. The van der Waals surface area contributed by atoms with E-state index in [0.717, 1.165) is 18.4 Å². The van der Waals surface area contributed by atoms with Gasteiger partial charge in [-0.3, -0.25) is 9.59 Å². The molecule has 1 aliphatic rings. The molecule has 0 amide bonds. The lowest BCUT2D eigenvalue weighted by Gasteiger charge is -2.28. The highest BCUT2D eigenvalue weighted by Gasteiger charge is 2.53. The molecule has 0 aliphatic heterocycles. The van der Waals surface area contributed by atoms with E-state index in [-0.39, 0.29) is 34.2 Å². The molecular formula is C20H33NO2. The number of rotatable bonds is 7. The molecule has 4 atom stereocenters. The third-order valence-corrected chi connectivity index (χ3v) is 5.32. The summed E-state index contributed by atoms with van der Waals surface area (Å²) in [5.74, 6) is 0.457. The maximum atomic E-state index is 12.6. The highest BCUT2D eigenvalue weighted by Crippen LogP contribution is 2.59. The van der Waals surface area contributed by atoms with Crippen LogP contribution in [0, 0.1) is 34.0 Å². The fraction of sp³-hybridized carbons (Fsp3) is 0.750. The van der Waals surface area contributed by atoms with Gasteiger partial charge in [-0.25, -0.2) is 0 Å². The van der Waals surface area contributed by atoms with Crippen molar-refractivity contribution in [3.8, 4) is 0 Å². The Balaban J connectivity index is 2.80. The van der Waals surface area contributed by atoms with Crippen molar-refractivity contribution in [1.29, 1.82) is 5.41 Å². The maximum absolute atomic E-state index is 12.6. The van der Waals surface area contributed by atoms with Crippen LogP contribution in [-0.2, 0) is 9.59 Å². The van der Waals surface area contributed by atoms with Gasteiger partial charge in [-0.2, -0.15) is 0 Å². The summed E-state index contributed by atoms with van der Waals surface area (Å²) in [4.78, 5) is 24.2. The Kier molecular flexibility index (Phi) is 5.77. The number of ketones is 2. The van der Waals surface area contributed by atoms with Crippen LogP contribution in [-0.4, -0.2) is 17.3 Å². The van der Waals surface area contributed by atoms with Gasteiger partial charge in [0.1, 0.15) is 5.78 Å². The Morgan fingerprint density at radius 3 is 2.17 bits per heavy atom. The first-order chi connectivity index (χ1) is 10.3. The Morgan fingerprint density at radius 1 is 1.26 bits per heavy atom. The zero-order valence-corrected chi connectivity index (χ0v) is 16.0. The molecule has 0 bridgehead atoms. The van der Waals surface area contributed by atoms with Gasteiger partial charge in [-0.15, -0.1) is 0 Å². The second-order valence-electron chi connectivity index (χ2n) is 8.92. The number of hydrogen-bond acceptors (Lipinski definition) is 3. The minimum absolute atomic E-state index is 0.0305. The average molecular weight is 319 g/mol. The predicted octanol–water partition coefficient (Wildman–Crippen LogP) is 4.85. The molecule has 130 valence electrons. The van der Waals surface area contributed by atoms with E-state index in [2.05, 4.69) is 6.92 Å². The number of allylic oxidation sites excluding steroid dienone is 2. The monoisotopic (exact) mass is 319 g/mol. The number of nitrogens with one attached hydrogen (secondary N) is 1. The number of carbonyl (C=O) groups excluding carboxylic acids is 2. The third-order valence-electron chi connectivity index (χ3n) is 5.32. The lowest BCUT2D eigenvalue weighted by Crippen LogP contribution is -2.33. The summed E-state index contributed by atoms with van der Waals surface area (Å²) in [6, 6.07) is 0. The van der Waals surface area contributed by atoms with Crippen LogP contribution in [0.5, 0.6) is 0 Å². The van der Waals surface area contributed by atoms with E-state index in [1.165, 1.54) is 0 Å². The fourth-order valence-electron chi connectivity index (χ4n) is 4.01. The molecule has 3 heteroatoms. The molecule has 0 saturated heterocycles. The normalized spacial score (nSPS) is 27.3. The van der Waals surface area contributed by atoms with Crippen molar-refractivity contribution in [2.45, 2.75) is 68.2 Å². The van der Waals surface area contributed by atoms with Gasteiger partial charge in [0.2, 0.25) is 0 Å². The van der Waals surface area contributed by atoms with Crippen molar-refractivity contribution in [2.24, 2.45) is 28.6 Å². The van der Waals surface area contributed by atoms with Crippen molar-refractivity contribution in [3.63, 3.8) is 0 Å². The van der Waals surface area contributed by atoms with Crippen LogP contribution in [0.3, 0.4) is 0 Å². The van der Waals surface area contributed by atoms with Crippen LogP contribution in [0.2, 0.25) is 0 Å². The Bertz CT molecular complexity index is 538. The second-order valence-corrected chi connectivity index (χ2v) is 8.92. The van der Waals surface area contributed by atoms with Gasteiger partial charge in [0, 0.05) is 11.6 Å². The molecule has 0 spiro atoms. The van der Waals surface area contributed by atoms with Crippen LogP contribution in [0.4, 0.5) is 0 Å². The first-order valence-electron chi connectivity index (χ1n) is 8.56. The van der Waals surface area contributed by atoms with E-state index in [9.17, 15) is 9.59 Å². The van der Waals surface area contributed by atoms with Crippen molar-refractivity contribution in [1.82, 2.24) is 0 Å². The summed E-state index contributed by atoms with van der Waals surface area (Å²) in [5, 5.41) is 7.92. The van der Waals surface area contributed by atoms with Crippen molar-refractivity contribution < 1.29 is 9.59 Å². The van der Waals surface area contributed by atoms with Crippen LogP contribution < -0.4 is 0 Å². The van der Waals surface area contributed by atoms with Gasteiger partial charge in [0.15, 0.2) is 5.78 Å². The van der Waals surface area contributed by atoms with Gasteiger partial charge in [0.25, 0.3) is 0 Å². The highest BCUT2D eigenvalue weighted by molar-refractivity contribution is 6.08. The van der Waals surface area contributed by atoms with E-state index in [4.69, 9.17) is 5.41 Å².